The van der Waals surface area contributed by atoms with Crippen molar-refractivity contribution in [2.45, 2.75) is 24.9 Å². The van der Waals surface area contributed by atoms with Gasteiger partial charge in [0, 0.05) is 12.5 Å². The first-order valence-electron chi connectivity index (χ1n) is 11.2. The van der Waals surface area contributed by atoms with Gasteiger partial charge in [-0.05, 0) is 47.0 Å². The molecule has 3 rings (SSSR count). The van der Waals surface area contributed by atoms with E-state index in [9.17, 15) is 39.1 Å². The maximum atomic E-state index is 13.8. The fourth-order valence-electron chi connectivity index (χ4n) is 3.66. The Bertz CT molecular complexity index is 1350. The summed E-state index contributed by atoms with van der Waals surface area (Å²) in [7, 11) is 1.05. The molecule has 3 aromatic rings. The zero-order chi connectivity index (χ0) is 27.8. The van der Waals surface area contributed by atoms with Crippen LogP contribution in [0.2, 0.25) is 0 Å². The minimum atomic E-state index is -1.54. The molecule has 0 spiro atoms. The van der Waals surface area contributed by atoms with Crippen molar-refractivity contribution in [2.75, 3.05) is 7.11 Å². The van der Waals surface area contributed by atoms with Crippen LogP contribution in [0.25, 0.3) is 0 Å². The lowest BCUT2D eigenvalue weighted by atomic mass is 10.0. The van der Waals surface area contributed by atoms with E-state index in [1.165, 1.54) is 36.4 Å². The van der Waals surface area contributed by atoms with E-state index in [1.54, 1.807) is 12.1 Å². The number of nitrogens with one attached hydrogen (secondary N) is 2. The summed E-state index contributed by atoms with van der Waals surface area (Å²) in [4.78, 5) is 48.8. The van der Waals surface area contributed by atoms with Gasteiger partial charge in [-0.15, -0.1) is 0 Å². The average Bonchev–Trinajstić information content (AvgIpc) is 2.87. The maximum absolute atomic E-state index is 13.8. The van der Waals surface area contributed by atoms with Crippen molar-refractivity contribution in [3.05, 3.63) is 99.4 Å². The normalized spacial score (nSPS) is 12.2. The Balaban J connectivity index is 1.88. The molecule has 12 heteroatoms. The number of phenols is 2. The molecular weight excluding hydrogens is 501 g/mol. The number of hydrogen-bond donors (Lipinski definition) is 4. The van der Waals surface area contributed by atoms with Crippen molar-refractivity contribution in [2.24, 2.45) is 0 Å². The third-order valence-corrected chi connectivity index (χ3v) is 5.53. The lowest BCUT2D eigenvalue weighted by molar-refractivity contribution is -0.387. The quantitative estimate of drug-likeness (QED) is 0.178. The number of carbonyl (C=O) groups is 3. The highest BCUT2D eigenvalue weighted by molar-refractivity contribution is 5.92. The van der Waals surface area contributed by atoms with Gasteiger partial charge in [-0.25, -0.2) is 4.79 Å². The van der Waals surface area contributed by atoms with Gasteiger partial charge in [0.25, 0.3) is 0 Å². The average molecular weight is 525 g/mol. The number of benzene rings is 3. The van der Waals surface area contributed by atoms with Crippen LogP contribution in [0.3, 0.4) is 0 Å². The second-order valence-corrected chi connectivity index (χ2v) is 8.27. The Morgan fingerprint density at radius 1 is 0.974 bits per heavy atom. The number of aromatic hydroxyl groups is 2. The van der Waals surface area contributed by atoms with Crippen molar-refractivity contribution in [3.63, 3.8) is 0 Å². The number of rotatable bonds is 10. The number of esters is 1. The summed E-state index contributed by atoms with van der Waals surface area (Å²) in [6, 6.07) is 11.8. The van der Waals surface area contributed by atoms with Crippen LogP contribution in [0.1, 0.15) is 22.7 Å². The summed E-state index contributed by atoms with van der Waals surface area (Å²) in [5.74, 6) is -3.55. The second-order valence-electron chi connectivity index (χ2n) is 8.27. The standard InChI is InChI=1S/C26H24FN3O8/c1-38-26(35)24(17-7-10-20(27)22(14-17)30(36)37)29-25(34)21(12-15-5-8-18(31)9-6-15)28-23(33)13-16-3-2-4-19(32)11-16/h2-11,14,21,24,31-32H,12-13H2,1H3,(H,28,33)(H,29,34)/t21-,24+/m0/s1. The molecule has 3 aromatic carbocycles. The zero-order valence-electron chi connectivity index (χ0n) is 20.1. The molecule has 0 aliphatic rings. The summed E-state index contributed by atoms with van der Waals surface area (Å²) in [5, 5.41) is 35.4. The molecule has 2 atom stereocenters. The van der Waals surface area contributed by atoms with Crippen LogP contribution in [0.5, 0.6) is 11.5 Å². The van der Waals surface area contributed by atoms with Gasteiger partial charge in [-0.3, -0.25) is 19.7 Å². The molecule has 198 valence electrons. The molecule has 38 heavy (non-hydrogen) atoms. The smallest absolute Gasteiger partial charge is 0.333 e. The molecule has 0 bridgehead atoms. The van der Waals surface area contributed by atoms with E-state index in [0.29, 0.717) is 11.1 Å². The van der Waals surface area contributed by atoms with Gasteiger partial charge in [0.1, 0.15) is 17.5 Å². The van der Waals surface area contributed by atoms with Crippen molar-refractivity contribution >= 4 is 23.5 Å². The maximum Gasteiger partial charge on any atom is 0.333 e. The van der Waals surface area contributed by atoms with E-state index in [4.69, 9.17) is 4.74 Å². The number of phenolic OH excluding ortho intramolecular Hbond substituents is 2. The van der Waals surface area contributed by atoms with E-state index in [2.05, 4.69) is 10.6 Å². The van der Waals surface area contributed by atoms with Crippen LogP contribution >= 0.6 is 0 Å². The van der Waals surface area contributed by atoms with Crippen LogP contribution in [-0.2, 0) is 32.0 Å². The second kappa shape index (κ2) is 12.3. The van der Waals surface area contributed by atoms with Crippen molar-refractivity contribution in [3.8, 4) is 11.5 Å². The molecule has 0 unspecified atom stereocenters. The van der Waals surface area contributed by atoms with Gasteiger partial charge in [0.2, 0.25) is 17.6 Å². The van der Waals surface area contributed by atoms with Crippen molar-refractivity contribution in [1.29, 1.82) is 0 Å². The Labute approximate surface area is 216 Å². The number of amides is 2. The van der Waals surface area contributed by atoms with Crippen LogP contribution < -0.4 is 10.6 Å². The monoisotopic (exact) mass is 525 g/mol. The highest BCUT2D eigenvalue weighted by Gasteiger charge is 2.30. The number of carbonyl (C=O) groups excluding carboxylic acids is 3. The molecule has 0 saturated heterocycles. The fourth-order valence-corrected chi connectivity index (χ4v) is 3.66. The molecule has 0 aromatic heterocycles. The van der Waals surface area contributed by atoms with Crippen LogP contribution in [0.4, 0.5) is 10.1 Å². The number of nitrogens with zero attached hydrogens (tertiary/aromatic N) is 1. The van der Waals surface area contributed by atoms with E-state index in [0.717, 1.165) is 25.3 Å². The van der Waals surface area contributed by atoms with Gasteiger partial charge < -0.3 is 25.6 Å². The Hall–Kier alpha value is -5.00. The lowest BCUT2D eigenvalue weighted by Gasteiger charge is -2.23. The van der Waals surface area contributed by atoms with Gasteiger partial charge in [-0.2, -0.15) is 4.39 Å². The van der Waals surface area contributed by atoms with Gasteiger partial charge in [0.15, 0.2) is 6.04 Å². The molecule has 0 heterocycles. The fraction of sp³-hybridized carbons (Fsp3) is 0.192. The first kappa shape index (κ1) is 27.6. The third-order valence-electron chi connectivity index (χ3n) is 5.53. The highest BCUT2D eigenvalue weighted by Crippen LogP contribution is 2.24. The van der Waals surface area contributed by atoms with E-state index in [-0.39, 0.29) is 29.9 Å². The summed E-state index contributed by atoms with van der Waals surface area (Å²) in [6.07, 6.45) is -0.215. The molecule has 4 N–H and O–H groups in total. The van der Waals surface area contributed by atoms with Crippen LogP contribution in [0.15, 0.2) is 66.7 Å². The number of methoxy groups -OCH3 is 1. The van der Waals surface area contributed by atoms with Gasteiger partial charge in [-0.1, -0.05) is 30.3 Å². The van der Waals surface area contributed by atoms with Crippen LogP contribution in [-0.4, -0.2) is 46.1 Å². The zero-order valence-corrected chi connectivity index (χ0v) is 20.1. The number of hydrogen-bond acceptors (Lipinski definition) is 8. The largest absolute Gasteiger partial charge is 0.508 e. The molecule has 0 saturated carbocycles. The Morgan fingerprint density at radius 3 is 2.32 bits per heavy atom. The summed E-state index contributed by atoms with van der Waals surface area (Å²) in [6.45, 7) is 0. The predicted octanol–water partition coefficient (Wildman–Crippen LogP) is 2.45. The molecule has 0 fully saturated rings. The summed E-state index contributed by atoms with van der Waals surface area (Å²) >= 11 is 0. The highest BCUT2D eigenvalue weighted by atomic mass is 19.1. The molecule has 2 amide bonds. The lowest BCUT2D eigenvalue weighted by Crippen LogP contribution is -2.50. The molecule has 11 nitrogen and oxygen atoms in total. The summed E-state index contributed by atoms with van der Waals surface area (Å²) in [5.41, 5.74) is 0.0449. The predicted molar refractivity (Wildman–Crippen MR) is 132 cm³/mol. The van der Waals surface area contributed by atoms with Gasteiger partial charge in [0.05, 0.1) is 18.5 Å². The van der Waals surface area contributed by atoms with Crippen LogP contribution in [0, 0.1) is 15.9 Å². The SMILES string of the molecule is COC(=O)[C@H](NC(=O)[C@H](Cc1ccc(O)cc1)NC(=O)Cc1cccc(O)c1)c1ccc(F)c([N+](=O)[O-])c1. The van der Waals surface area contributed by atoms with Crippen molar-refractivity contribution in [1.82, 2.24) is 10.6 Å². The Kier molecular flexibility index (Phi) is 8.93. The third kappa shape index (κ3) is 7.26. The number of nitro benzene ring substituents is 1. The first-order chi connectivity index (χ1) is 18.1. The minimum Gasteiger partial charge on any atom is -0.508 e. The Morgan fingerprint density at radius 2 is 1.68 bits per heavy atom. The number of nitro groups is 1. The number of halogens is 1. The summed E-state index contributed by atoms with van der Waals surface area (Å²) < 4.78 is 18.6. The van der Waals surface area contributed by atoms with Gasteiger partial charge >= 0.3 is 11.7 Å². The molecule has 0 aliphatic heterocycles. The molecule has 0 aliphatic carbocycles. The number of ether oxygens (including phenoxy) is 1. The van der Waals surface area contributed by atoms with Crippen molar-refractivity contribution < 1.29 is 38.6 Å². The van der Waals surface area contributed by atoms with E-state index >= 15 is 0 Å². The van der Waals surface area contributed by atoms with E-state index in [1.807, 2.05) is 0 Å². The van der Waals surface area contributed by atoms with E-state index < -0.39 is 46.3 Å². The minimum absolute atomic E-state index is 0.00803. The topological polar surface area (TPSA) is 168 Å². The molecular formula is C26H24FN3O8. The first-order valence-corrected chi connectivity index (χ1v) is 11.2. The molecule has 0 radical (unpaired) electrons.